The van der Waals surface area contributed by atoms with Gasteiger partial charge in [-0.1, -0.05) is 29.3 Å². The largest absolute Gasteiger partial charge is 0.490 e. The number of benzene rings is 3. The first-order valence-electron chi connectivity index (χ1n) is 28.7. The number of carboxylic acid groups (broad SMARTS) is 6. The van der Waals surface area contributed by atoms with Crippen molar-refractivity contribution in [1.29, 1.82) is 0 Å². The van der Waals surface area contributed by atoms with Gasteiger partial charge in [0.15, 0.2) is 5.95 Å². The van der Waals surface area contributed by atoms with Crippen molar-refractivity contribution < 1.29 is 132 Å². The highest BCUT2D eigenvalue weighted by atomic mass is 32.2. The summed E-state index contributed by atoms with van der Waals surface area (Å²) in [4.78, 5) is 118. The maximum absolute atomic E-state index is 13.5. The number of hydrogen-bond acceptors (Lipinski definition) is 24. The molecular formula is C54H68F6N14O22S3. The van der Waals surface area contributed by atoms with Gasteiger partial charge in [-0.15, -0.1) is 4.33 Å². The summed E-state index contributed by atoms with van der Waals surface area (Å²) in [5, 5.41) is 80.7. The Morgan fingerprint density at radius 3 is 1.56 bits per heavy atom. The maximum atomic E-state index is 13.5. The summed E-state index contributed by atoms with van der Waals surface area (Å²) >= 11 is 0.454. The Morgan fingerprint density at radius 1 is 0.626 bits per heavy atom. The number of fused-ring (bicyclic) bond motifs is 1. The molecule has 0 spiro atoms. The van der Waals surface area contributed by atoms with Crippen LogP contribution in [0.3, 0.4) is 0 Å². The van der Waals surface area contributed by atoms with Gasteiger partial charge in [0.25, 0.3) is 5.91 Å². The molecule has 1 fully saturated rings. The highest BCUT2D eigenvalue weighted by Crippen LogP contribution is 2.24. The number of alkyl halides is 6. The van der Waals surface area contributed by atoms with Gasteiger partial charge in [0.1, 0.15) is 12.1 Å². The Labute approximate surface area is 561 Å². The number of rotatable bonds is 32. The Kier molecular flexibility index (Phi) is 32.8. The second kappa shape index (κ2) is 39.4. The summed E-state index contributed by atoms with van der Waals surface area (Å²) in [6.07, 6.45) is -4.49. The van der Waals surface area contributed by atoms with Gasteiger partial charge in [0, 0.05) is 120 Å². The normalized spacial score (nSPS) is 14.7. The summed E-state index contributed by atoms with van der Waals surface area (Å²) in [6, 6.07) is 12.6. The van der Waals surface area contributed by atoms with E-state index in [2.05, 4.69) is 55.2 Å². The number of anilines is 1. The number of carboxylic acids is 6. The van der Waals surface area contributed by atoms with Gasteiger partial charge in [-0.2, -0.15) is 36.2 Å². The highest BCUT2D eigenvalue weighted by molar-refractivity contribution is 7.94. The van der Waals surface area contributed by atoms with Crippen molar-refractivity contribution in [2.24, 2.45) is 0 Å². The molecule has 0 saturated carbocycles. The van der Waals surface area contributed by atoms with E-state index >= 15 is 0 Å². The smallest absolute Gasteiger partial charge is 0.480 e. The molecule has 45 heteroatoms. The molecule has 2 aromatic heterocycles. The summed E-state index contributed by atoms with van der Waals surface area (Å²) in [5.41, 5.74) is 1.92. The lowest BCUT2D eigenvalue weighted by molar-refractivity contribution is -0.432. The van der Waals surface area contributed by atoms with Gasteiger partial charge < -0.3 is 56.9 Å². The van der Waals surface area contributed by atoms with Crippen molar-refractivity contribution in [3.63, 3.8) is 0 Å². The SMILES string of the molecule is O=C(O)C(F)(F)F.O=C(O)C(F)(F)F.O=C(O)CN1CCN(CC(=O)O)CCN(CC(=O)N[C@@H](CSOOO)C(=O)NCCNS(=O)(=O)c2ccc(-c3ccc(S(=O)(=O)N[C@@H](CNC(=O)c4ccc5c(cnn5CCCNc5ncc[nH]5)c4)C(=O)O)cc3)cc2)CCN(CC(=O)O)CC1. The number of hydrogen-bond donors (Lipinski definition) is 14. The molecule has 6 rings (SSSR count). The molecule has 1 aliphatic heterocycles. The second-order valence-electron chi connectivity index (χ2n) is 20.8. The molecular weight excluding hydrogens is 1410 g/mol. The molecule has 36 nitrogen and oxygen atoms in total. The summed E-state index contributed by atoms with van der Waals surface area (Å²) in [6.45, 7) is -0.326. The Bertz CT molecular complexity index is 3690. The molecule has 1 aliphatic rings. The number of nitrogens with zero attached hydrogens (tertiary/aromatic N) is 7. The van der Waals surface area contributed by atoms with E-state index in [1.165, 1.54) is 48.5 Å². The summed E-state index contributed by atoms with van der Waals surface area (Å²) in [7, 11) is -8.62. The van der Waals surface area contributed by atoms with E-state index in [4.69, 9.17) is 25.1 Å². The number of halogens is 6. The van der Waals surface area contributed by atoms with Crippen LogP contribution in [0.5, 0.6) is 0 Å². The predicted octanol–water partition coefficient (Wildman–Crippen LogP) is -0.219. The maximum Gasteiger partial charge on any atom is 0.490 e. The number of nitrogens with one attached hydrogen (secondary N) is 7. The van der Waals surface area contributed by atoms with Gasteiger partial charge in [-0.3, -0.25) is 57.8 Å². The van der Waals surface area contributed by atoms with E-state index in [0.717, 1.165) is 11.9 Å². The van der Waals surface area contributed by atoms with Crippen LogP contribution in [0.1, 0.15) is 16.8 Å². The molecule has 3 aromatic carbocycles. The summed E-state index contributed by atoms with van der Waals surface area (Å²) in [5.74, 6) is -12.2. The zero-order valence-electron chi connectivity index (χ0n) is 51.5. The predicted molar refractivity (Wildman–Crippen MR) is 331 cm³/mol. The zero-order chi connectivity index (χ0) is 73.7. The third-order valence-electron chi connectivity index (χ3n) is 13.5. The molecule has 14 N–H and O–H groups in total. The molecule has 2 atom stereocenters. The van der Waals surface area contributed by atoms with Crippen molar-refractivity contribution in [3.05, 3.63) is 90.9 Å². The monoisotopic (exact) mass is 1470 g/mol. The number of aryl methyl sites for hydroxylation is 1. The van der Waals surface area contributed by atoms with Gasteiger partial charge >= 0.3 is 48.2 Å². The molecule has 546 valence electrons. The molecule has 5 aromatic rings. The lowest BCUT2D eigenvalue weighted by atomic mass is 10.1. The first-order chi connectivity index (χ1) is 46.5. The molecule has 3 amide bonds. The first-order valence-corrected chi connectivity index (χ1v) is 32.6. The number of amides is 3. The fraction of sp³-hybridized carbons (Fsp3) is 0.426. The lowest BCUT2D eigenvalue weighted by Crippen LogP contribution is -2.53. The van der Waals surface area contributed by atoms with E-state index in [1.807, 2.05) is 0 Å². The minimum absolute atomic E-state index is 0.113. The van der Waals surface area contributed by atoms with Gasteiger partial charge in [0.05, 0.1) is 53.4 Å². The molecule has 0 bridgehead atoms. The third-order valence-corrected chi connectivity index (χ3v) is 17.1. The number of carbonyl (C=O) groups excluding carboxylic acids is 3. The lowest BCUT2D eigenvalue weighted by Gasteiger charge is -2.33. The standard InChI is InChI=1S/C50H66N14O18S3.2C2HF3O2/c65-43(29-60-18-20-61(30-44(66)67)22-24-63(32-46(70)71)25-23-62(21-19-60)31-45(68)69)58-41(33-83-82-81-76)48(73)51-15-16-57-84(77,78)38-7-2-34(3-8-38)35-4-9-39(10-5-35)85(79,80)59-40(49(74)75)28-55-47(72)36-6-11-42-37(26-36)27-56-64(42)17-1-12-52-50-53-13-14-54-50;2*3-2(4,5)1(6)7/h2-11,13-14,26-27,40-41,57,59,76H,1,12,15-25,28-33H2,(H,51,73)(H,55,72)(H,58,65)(H,66,67)(H,68,69)(H,70,71)(H,74,75)(H2,52,53,54);2*(H,6,7)/t40-,41-;;/m0../s1. The van der Waals surface area contributed by atoms with E-state index in [9.17, 15) is 97.2 Å². The van der Waals surface area contributed by atoms with Crippen LogP contribution in [0, 0.1) is 0 Å². The van der Waals surface area contributed by atoms with Crippen LogP contribution in [0.25, 0.3) is 22.0 Å². The number of carbonyl (C=O) groups is 9. The molecule has 0 unspecified atom stereocenters. The molecule has 1 saturated heterocycles. The van der Waals surface area contributed by atoms with Crippen LogP contribution >= 0.6 is 12.0 Å². The van der Waals surface area contributed by atoms with Crippen LogP contribution in [0.15, 0.2) is 95.1 Å². The van der Waals surface area contributed by atoms with Gasteiger partial charge in [-0.05, 0) is 60.0 Å². The average molecular weight is 1480 g/mol. The summed E-state index contributed by atoms with van der Waals surface area (Å²) < 4.78 is 127. The van der Waals surface area contributed by atoms with E-state index in [-0.39, 0.29) is 113 Å². The van der Waals surface area contributed by atoms with Crippen molar-refractivity contribution in [2.45, 2.75) is 47.2 Å². The van der Waals surface area contributed by atoms with Crippen molar-refractivity contribution >= 4 is 102 Å². The number of H-pyrrole nitrogens is 1. The van der Waals surface area contributed by atoms with Crippen LogP contribution in [0.4, 0.5) is 32.3 Å². The fourth-order valence-electron chi connectivity index (χ4n) is 8.69. The molecule has 99 heavy (non-hydrogen) atoms. The number of aromatic nitrogens is 4. The number of sulfonamides is 2. The van der Waals surface area contributed by atoms with Crippen LogP contribution < -0.4 is 30.7 Å². The number of imidazole rings is 1. The van der Waals surface area contributed by atoms with Crippen LogP contribution in [0.2, 0.25) is 0 Å². The fourth-order valence-corrected chi connectivity index (χ4v) is 11.4. The molecule has 0 radical (unpaired) electrons. The first kappa shape index (κ1) is 82.3. The third kappa shape index (κ3) is 29.8. The van der Waals surface area contributed by atoms with Gasteiger partial charge in [-0.25, -0.2) is 41.4 Å². The quantitative estimate of drug-likeness (QED) is 0.00870. The topological polar surface area (TPSA) is 514 Å². The van der Waals surface area contributed by atoms with E-state index < -0.39 is 105 Å². The van der Waals surface area contributed by atoms with Crippen molar-refractivity contribution in [2.75, 3.05) is 116 Å². The average Bonchev–Trinajstić information content (AvgIpc) is 1.78. The minimum Gasteiger partial charge on any atom is -0.480 e. The minimum atomic E-state index is -5.08. The van der Waals surface area contributed by atoms with Gasteiger partial charge in [0.2, 0.25) is 31.9 Å². The Hall–Kier alpha value is -9.16. The van der Waals surface area contributed by atoms with Crippen LogP contribution in [-0.4, -0.2) is 281 Å². The Morgan fingerprint density at radius 2 is 1.11 bits per heavy atom. The zero-order valence-corrected chi connectivity index (χ0v) is 54.0. The van der Waals surface area contributed by atoms with E-state index in [1.54, 1.807) is 61.1 Å². The van der Waals surface area contributed by atoms with Crippen molar-refractivity contribution in [1.82, 2.24) is 64.7 Å². The van der Waals surface area contributed by atoms with E-state index in [0.29, 0.717) is 47.6 Å². The Balaban J connectivity index is 0.00000134. The highest BCUT2D eigenvalue weighted by Gasteiger charge is 2.39. The van der Waals surface area contributed by atoms with Crippen LogP contribution in [-0.2, 0) is 74.3 Å². The number of aromatic amines is 1. The molecule has 0 aliphatic carbocycles. The molecule has 3 heterocycles. The van der Waals surface area contributed by atoms with Crippen molar-refractivity contribution in [3.8, 4) is 11.1 Å². The number of aliphatic carboxylic acids is 6. The second-order valence-corrected chi connectivity index (χ2v) is 24.9.